The van der Waals surface area contributed by atoms with Crippen molar-refractivity contribution in [3.8, 4) is 11.3 Å². The molecule has 1 N–H and O–H groups in total. The van der Waals surface area contributed by atoms with Gasteiger partial charge in [-0.2, -0.15) is 5.10 Å². The first-order valence-electron chi connectivity index (χ1n) is 8.02. The van der Waals surface area contributed by atoms with Crippen LogP contribution in [0.5, 0.6) is 0 Å². The van der Waals surface area contributed by atoms with E-state index in [0.29, 0.717) is 6.42 Å². The highest BCUT2D eigenvalue weighted by Gasteiger charge is 2.31. The summed E-state index contributed by atoms with van der Waals surface area (Å²) in [6.07, 6.45) is 5.65. The van der Waals surface area contributed by atoms with Gasteiger partial charge < -0.3 is 9.67 Å². The normalized spacial score (nSPS) is 17.1. The van der Waals surface area contributed by atoms with Crippen molar-refractivity contribution in [3.63, 3.8) is 0 Å². The predicted octanol–water partition coefficient (Wildman–Crippen LogP) is 3.10. The second-order valence-electron chi connectivity index (χ2n) is 6.07. The Morgan fingerprint density at radius 1 is 1.26 bits per heavy atom. The number of aromatic nitrogens is 4. The smallest absolute Gasteiger partial charge is 0.0982 e. The van der Waals surface area contributed by atoms with Crippen molar-refractivity contribution in [2.45, 2.75) is 39.0 Å². The largest absolute Gasteiger partial charge is 0.387 e. The molecule has 0 spiro atoms. The highest BCUT2D eigenvalue weighted by Crippen LogP contribution is 2.43. The van der Waals surface area contributed by atoms with Crippen LogP contribution in [-0.2, 0) is 6.54 Å². The number of benzene rings is 1. The fourth-order valence-corrected chi connectivity index (χ4v) is 3.67. The molecule has 0 radical (unpaired) electrons. The number of rotatable bonds is 4. The van der Waals surface area contributed by atoms with E-state index in [2.05, 4.69) is 32.8 Å². The van der Waals surface area contributed by atoms with Gasteiger partial charge in [0.15, 0.2) is 0 Å². The molecule has 118 valence electrons. The van der Waals surface area contributed by atoms with E-state index in [1.54, 1.807) is 0 Å². The Balaban J connectivity index is 1.71. The van der Waals surface area contributed by atoms with Crippen molar-refractivity contribution in [1.29, 1.82) is 0 Å². The van der Waals surface area contributed by atoms with Gasteiger partial charge in [-0.15, -0.1) is 0 Å². The van der Waals surface area contributed by atoms with E-state index < -0.39 is 6.10 Å². The molecule has 1 aliphatic rings. The predicted molar refractivity (Wildman–Crippen MR) is 88.0 cm³/mol. The summed E-state index contributed by atoms with van der Waals surface area (Å²) >= 11 is 0. The summed E-state index contributed by atoms with van der Waals surface area (Å²) in [7, 11) is 0. The Morgan fingerprint density at radius 3 is 2.91 bits per heavy atom. The van der Waals surface area contributed by atoms with E-state index in [1.165, 1.54) is 11.1 Å². The maximum Gasteiger partial charge on any atom is 0.0982 e. The molecular weight excluding hydrogens is 288 g/mol. The molecule has 1 aromatic carbocycles. The number of imidazole rings is 1. The van der Waals surface area contributed by atoms with Crippen molar-refractivity contribution in [2.75, 3.05) is 0 Å². The molecule has 2 atom stereocenters. The van der Waals surface area contributed by atoms with Gasteiger partial charge in [0.05, 0.1) is 42.3 Å². The highest BCUT2D eigenvalue weighted by molar-refractivity contribution is 5.68. The van der Waals surface area contributed by atoms with Gasteiger partial charge in [0.25, 0.3) is 0 Å². The first kappa shape index (κ1) is 14.2. The van der Waals surface area contributed by atoms with Gasteiger partial charge >= 0.3 is 0 Å². The molecule has 0 saturated heterocycles. The molecule has 0 fully saturated rings. The van der Waals surface area contributed by atoms with E-state index in [4.69, 9.17) is 0 Å². The summed E-state index contributed by atoms with van der Waals surface area (Å²) in [5.41, 5.74) is 5.54. The van der Waals surface area contributed by atoms with Gasteiger partial charge in [0, 0.05) is 18.5 Å². The first-order valence-corrected chi connectivity index (χ1v) is 8.02. The second kappa shape index (κ2) is 5.35. The summed E-state index contributed by atoms with van der Waals surface area (Å²) in [4.78, 5) is 4.28. The Bertz CT molecular complexity index is 848. The Morgan fingerprint density at radius 2 is 2.09 bits per heavy atom. The van der Waals surface area contributed by atoms with Crippen molar-refractivity contribution in [2.24, 2.45) is 0 Å². The minimum Gasteiger partial charge on any atom is -0.387 e. The zero-order chi connectivity index (χ0) is 16.0. The van der Waals surface area contributed by atoms with Crippen LogP contribution in [-0.4, -0.2) is 24.4 Å². The van der Waals surface area contributed by atoms with Crippen LogP contribution >= 0.6 is 0 Å². The Kier molecular flexibility index (Phi) is 3.31. The van der Waals surface area contributed by atoms with Gasteiger partial charge in [-0.3, -0.25) is 4.68 Å². The molecular formula is C18H20N4O. The lowest BCUT2D eigenvalue weighted by Gasteiger charge is -2.20. The second-order valence-corrected chi connectivity index (χ2v) is 6.07. The van der Waals surface area contributed by atoms with E-state index in [0.717, 1.165) is 23.5 Å². The minimum absolute atomic E-state index is 0.110. The number of aryl methyl sites for hydroxylation is 2. The number of hydrogen-bond acceptors (Lipinski definition) is 3. The van der Waals surface area contributed by atoms with E-state index in [1.807, 2.05) is 43.3 Å². The lowest BCUT2D eigenvalue weighted by molar-refractivity contribution is 0.143. The van der Waals surface area contributed by atoms with Gasteiger partial charge in [0.1, 0.15) is 0 Å². The molecule has 3 aromatic rings. The number of aliphatic hydroxyl groups is 1. The van der Waals surface area contributed by atoms with E-state index >= 15 is 0 Å². The lowest BCUT2D eigenvalue weighted by atomic mass is 9.97. The molecule has 3 heterocycles. The third-order valence-corrected chi connectivity index (χ3v) is 4.73. The molecule has 5 heteroatoms. The van der Waals surface area contributed by atoms with Crippen LogP contribution in [0.15, 0.2) is 43.0 Å². The summed E-state index contributed by atoms with van der Waals surface area (Å²) < 4.78 is 4.05. The minimum atomic E-state index is -0.552. The van der Waals surface area contributed by atoms with Crippen LogP contribution in [0.2, 0.25) is 0 Å². The lowest BCUT2D eigenvalue weighted by Crippen LogP contribution is -2.15. The topological polar surface area (TPSA) is 55.9 Å². The maximum atomic E-state index is 10.9. The number of fused-ring (bicyclic) bond motifs is 3. The average Bonchev–Trinajstić information content (AvgIpc) is 3.24. The standard InChI is InChI=1S/C18H20N4O/c1-3-22-18(12(2)9-20-22)17(23)8-15-13-6-4-5-7-14(13)16-10-19-11-21(15)16/h4-7,9-11,15,17,23H,3,8H2,1-2H3/t15-,17-/m0/s1. The summed E-state index contributed by atoms with van der Waals surface area (Å²) in [6, 6.07) is 8.48. The molecule has 1 aliphatic heterocycles. The first-order chi connectivity index (χ1) is 11.2. The zero-order valence-corrected chi connectivity index (χ0v) is 13.3. The summed E-state index contributed by atoms with van der Waals surface area (Å²) in [5.74, 6) is 0. The van der Waals surface area contributed by atoms with Gasteiger partial charge in [-0.05, 0) is 25.0 Å². The third kappa shape index (κ3) is 2.11. The third-order valence-electron chi connectivity index (χ3n) is 4.73. The molecule has 0 aliphatic carbocycles. The number of aliphatic hydroxyl groups excluding tert-OH is 1. The molecule has 2 aromatic heterocycles. The number of nitrogens with zero attached hydrogens (tertiary/aromatic N) is 4. The molecule has 23 heavy (non-hydrogen) atoms. The van der Waals surface area contributed by atoms with Crippen molar-refractivity contribution < 1.29 is 5.11 Å². The summed E-state index contributed by atoms with van der Waals surface area (Å²) in [5, 5.41) is 15.2. The maximum absolute atomic E-state index is 10.9. The molecule has 0 bridgehead atoms. The molecule has 5 nitrogen and oxygen atoms in total. The van der Waals surface area contributed by atoms with Crippen LogP contribution in [0.25, 0.3) is 11.3 Å². The average molecular weight is 308 g/mol. The van der Waals surface area contributed by atoms with Gasteiger partial charge in [-0.1, -0.05) is 24.3 Å². The van der Waals surface area contributed by atoms with Crippen molar-refractivity contribution >= 4 is 0 Å². The molecule has 4 rings (SSSR count). The molecule has 0 saturated carbocycles. The quantitative estimate of drug-likeness (QED) is 0.806. The Labute approximate surface area is 135 Å². The van der Waals surface area contributed by atoms with Gasteiger partial charge in [0.2, 0.25) is 0 Å². The van der Waals surface area contributed by atoms with Crippen molar-refractivity contribution in [3.05, 3.63) is 59.8 Å². The van der Waals surface area contributed by atoms with Crippen LogP contribution in [0.1, 0.15) is 42.3 Å². The molecule has 0 amide bonds. The van der Waals surface area contributed by atoms with Crippen LogP contribution in [0, 0.1) is 6.92 Å². The van der Waals surface area contributed by atoms with Crippen molar-refractivity contribution in [1.82, 2.24) is 19.3 Å². The summed E-state index contributed by atoms with van der Waals surface area (Å²) in [6.45, 7) is 4.81. The fraction of sp³-hybridized carbons (Fsp3) is 0.333. The van der Waals surface area contributed by atoms with Crippen LogP contribution < -0.4 is 0 Å². The fourth-order valence-electron chi connectivity index (χ4n) is 3.67. The Hall–Kier alpha value is -2.40. The van der Waals surface area contributed by atoms with Gasteiger partial charge in [-0.25, -0.2) is 4.98 Å². The highest BCUT2D eigenvalue weighted by atomic mass is 16.3. The SMILES string of the molecule is CCn1ncc(C)c1[C@@H](O)C[C@H]1c2ccccc2-c2cncn21. The van der Waals surface area contributed by atoms with E-state index in [-0.39, 0.29) is 6.04 Å². The molecule has 0 unspecified atom stereocenters. The van der Waals surface area contributed by atoms with Crippen LogP contribution in [0.3, 0.4) is 0 Å². The van der Waals surface area contributed by atoms with E-state index in [9.17, 15) is 5.11 Å². The van der Waals surface area contributed by atoms with Crippen LogP contribution in [0.4, 0.5) is 0 Å². The monoisotopic (exact) mass is 308 g/mol. The number of hydrogen-bond donors (Lipinski definition) is 1. The zero-order valence-electron chi connectivity index (χ0n) is 13.3.